The van der Waals surface area contributed by atoms with Gasteiger partial charge in [-0.05, 0) is 18.2 Å². The second-order valence-electron chi connectivity index (χ2n) is 3.62. The first-order valence-electron chi connectivity index (χ1n) is 5.24. The molecule has 1 aromatic carbocycles. The van der Waals surface area contributed by atoms with Gasteiger partial charge in [0.15, 0.2) is 0 Å². The van der Waals surface area contributed by atoms with E-state index in [0.29, 0.717) is 5.56 Å². The molecule has 0 aliphatic rings. The lowest BCUT2D eigenvalue weighted by Gasteiger charge is -2.07. The normalized spacial score (nSPS) is 10.3. The van der Waals surface area contributed by atoms with Crippen molar-refractivity contribution in [3.8, 4) is 11.3 Å². The molecule has 0 spiro atoms. The highest BCUT2D eigenvalue weighted by molar-refractivity contribution is 6.43. The molecule has 0 amide bonds. The van der Waals surface area contributed by atoms with Crippen LogP contribution in [-0.2, 0) is 4.74 Å². The van der Waals surface area contributed by atoms with Crippen molar-refractivity contribution < 1.29 is 13.9 Å². The van der Waals surface area contributed by atoms with Crippen LogP contribution in [0.3, 0.4) is 0 Å². The van der Waals surface area contributed by atoms with Gasteiger partial charge in [-0.15, -0.1) is 0 Å². The number of halogens is 3. The van der Waals surface area contributed by atoms with Gasteiger partial charge in [-0.2, -0.15) is 0 Å². The van der Waals surface area contributed by atoms with Crippen molar-refractivity contribution in [1.29, 1.82) is 0 Å². The average Bonchev–Trinajstić information content (AvgIpc) is 2.42. The number of hydrogen-bond acceptors (Lipinski definition) is 3. The molecule has 0 fully saturated rings. The summed E-state index contributed by atoms with van der Waals surface area (Å²) in [7, 11) is 1.22. The van der Waals surface area contributed by atoms with Gasteiger partial charge < -0.3 is 4.74 Å². The van der Waals surface area contributed by atoms with E-state index in [9.17, 15) is 9.18 Å². The van der Waals surface area contributed by atoms with E-state index in [1.165, 1.54) is 13.2 Å². The summed E-state index contributed by atoms with van der Waals surface area (Å²) in [4.78, 5) is 15.3. The van der Waals surface area contributed by atoms with E-state index in [1.54, 1.807) is 18.2 Å². The molecular weight excluding hydrogens is 292 g/mol. The predicted molar refractivity (Wildman–Crippen MR) is 71.0 cm³/mol. The summed E-state index contributed by atoms with van der Waals surface area (Å²) >= 11 is 11.9. The fourth-order valence-corrected chi connectivity index (χ4v) is 1.93. The maximum absolute atomic E-state index is 13.8. The molecule has 0 saturated carbocycles. The van der Waals surface area contributed by atoms with E-state index < -0.39 is 11.8 Å². The summed E-state index contributed by atoms with van der Waals surface area (Å²) in [6.45, 7) is 0. The number of esters is 1. The van der Waals surface area contributed by atoms with Crippen LogP contribution in [0.5, 0.6) is 0 Å². The molecule has 0 N–H and O–H groups in total. The lowest BCUT2D eigenvalue weighted by atomic mass is 10.1. The Labute approximate surface area is 118 Å². The molecular formula is C13H8Cl2FNO2. The Balaban J connectivity index is 2.61. The van der Waals surface area contributed by atoms with Crippen LogP contribution in [0.1, 0.15) is 10.5 Å². The number of carbonyl (C=O) groups excluding carboxylic acids is 1. The van der Waals surface area contributed by atoms with Crippen LogP contribution in [0.15, 0.2) is 30.3 Å². The quantitative estimate of drug-likeness (QED) is 0.787. The summed E-state index contributed by atoms with van der Waals surface area (Å²) in [5.41, 5.74) is 0.266. The summed E-state index contributed by atoms with van der Waals surface area (Å²) in [5, 5.41) is 0.460. The Hall–Kier alpha value is -1.65. The third kappa shape index (κ3) is 2.69. The third-order valence-electron chi connectivity index (χ3n) is 2.45. The van der Waals surface area contributed by atoms with Crippen LogP contribution in [0.4, 0.5) is 4.39 Å². The van der Waals surface area contributed by atoms with Crippen molar-refractivity contribution >= 4 is 29.2 Å². The molecule has 1 heterocycles. The van der Waals surface area contributed by atoms with Gasteiger partial charge in [0, 0.05) is 5.56 Å². The van der Waals surface area contributed by atoms with Gasteiger partial charge in [0.1, 0.15) is 17.2 Å². The number of rotatable bonds is 2. The van der Waals surface area contributed by atoms with Crippen molar-refractivity contribution in [2.45, 2.75) is 0 Å². The van der Waals surface area contributed by atoms with Gasteiger partial charge in [0.05, 0.1) is 17.2 Å². The van der Waals surface area contributed by atoms with Gasteiger partial charge in [0.25, 0.3) is 0 Å². The number of benzene rings is 1. The number of aromatic nitrogens is 1. The molecule has 98 valence electrons. The first-order valence-corrected chi connectivity index (χ1v) is 5.99. The number of carbonyl (C=O) groups is 1. The Kier molecular flexibility index (Phi) is 4.02. The minimum atomic E-state index is -0.653. The van der Waals surface area contributed by atoms with E-state index in [-0.39, 0.29) is 21.4 Å². The highest BCUT2D eigenvalue weighted by Gasteiger charge is 2.16. The summed E-state index contributed by atoms with van der Waals surface area (Å²) in [6, 6.07) is 7.14. The molecule has 0 unspecified atom stereocenters. The maximum Gasteiger partial charge on any atom is 0.356 e. The molecule has 0 radical (unpaired) electrons. The minimum Gasteiger partial charge on any atom is -0.464 e. The van der Waals surface area contributed by atoms with Crippen LogP contribution in [-0.4, -0.2) is 18.1 Å². The van der Waals surface area contributed by atoms with Crippen molar-refractivity contribution in [3.05, 3.63) is 51.9 Å². The van der Waals surface area contributed by atoms with Gasteiger partial charge in [-0.3, -0.25) is 0 Å². The molecule has 2 aromatic rings. The van der Waals surface area contributed by atoms with Crippen molar-refractivity contribution in [3.63, 3.8) is 0 Å². The second kappa shape index (κ2) is 5.55. The van der Waals surface area contributed by atoms with E-state index >= 15 is 0 Å². The Morgan fingerprint density at radius 3 is 2.68 bits per heavy atom. The number of pyridine rings is 1. The molecule has 1 aromatic heterocycles. The lowest BCUT2D eigenvalue weighted by Crippen LogP contribution is -2.06. The molecule has 0 saturated heterocycles. The molecule has 6 heteroatoms. The minimum absolute atomic E-state index is 0.00468. The molecule has 0 aliphatic carbocycles. The van der Waals surface area contributed by atoms with Gasteiger partial charge in [-0.1, -0.05) is 35.3 Å². The van der Waals surface area contributed by atoms with Crippen LogP contribution in [0, 0.1) is 5.82 Å². The number of methoxy groups -OCH3 is 1. The average molecular weight is 300 g/mol. The number of hydrogen-bond donors (Lipinski definition) is 0. The van der Waals surface area contributed by atoms with Crippen molar-refractivity contribution in [2.24, 2.45) is 0 Å². The first kappa shape index (κ1) is 13.8. The SMILES string of the molecule is COC(=O)c1ccc(F)c(-c2cccc(Cl)c2Cl)n1. The lowest BCUT2D eigenvalue weighted by molar-refractivity contribution is 0.0594. The smallest absolute Gasteiger partial charge is 0.356 e. The number of ether oxygens (including phenoxy) is 1. The molecule has 0 bridgehead atoms. The standard InChI is InChI=1S/C13H8Cl2FNO2/c1-19-13(18)10-6-5-9(16)12(17-10)7-3-2-4-8(14)11(7)15/h2-6H,1H3. The predicted octanol–water partition coefficient (Wildman–Crippen LogP) is 3.98. The fourth-order valence-electron chi connectivity index (χ4n) is 1.54. The maximum atomic E-state index is 13.8. The van der Waals surface area contributed by atoms with E-state index in [1.807, 2.05) is 0 Å². The largest absolute Gasteiger partial charge is 0.464 e. The van der Waals surface area contributed by atoms with Gasteiger partial charge >= 0.3 is 5.97 Å². The summed E-state index contributed by atoms with van der Waals surface area (Å²) in [6.07, 6.45) is 0. The van der Waals surface area contributed by atoms with E-state index in [4.69, 9.17) is 23.2 Å². The highest BCUT2D eigenvalue weighted by atomic mass is 35.5. The second-order valence-corrected chi connectivity index (χ2v) is 4.41. The third-order valence-corrected chi connectivity index (χ3v) is 3.27. The Morgan fingerprint density at radius 1 is 1.26 bits per heavy atom. The Morgan fingerprint density at radius 2 is 2.00 bits per heavy atom. The van der Waals surface area contributed by atoms with Crippen LogP contribution in [0.2, 0.25) is 10.0 Å². The summed E-state index contributed by atoms with van der Waals surface area (Å²) < 4.78 is 18.4. The molecule has 0 atom stereocenters. The first-order chi connectivity index (χ1) is 9.04. The zero-order chi connectivity index (χ0) is 14.0. The van der Waals surface area contributed by atoms with Gasteiger partial charge in [0.2, 0.25) is 0 Å². The molecule has 0 aliphatic heterocycles. The highest BCUT2D eigenvalue weighted by Crippen LogP contribution is 2.33. The van der Waals surface area contributed by atoms with E-state index in [0.717, 1.165) is 6.07 Å². The van der Waals surface area contributed by atoms with Crippen LogP contribution >= 0.6 is 23.2 Å². The summed E-state index contributed by atoms with van der Waals surface area (Å²) in [5.74, 6) is -1.25. The molecule has 19 heavy (non-hydrogen) atoms. The molecule has 3 nitrogen and oxygen atoms in total. The Bertz CT molecular complexity index is 647. The van der Waals surface area contributed by atoms with Gasteiger partial charge in [-0.25, -0.2) is 14.2 Å². The van der Waals surface area contributed by atoms with Crippen LogP contribution in [0.25, 0.3) is 11.3 Å². The number of nitrogens with zero attached hydrogens (tertiary/aromatic N) is 1. The zero-order valence-corrected chi connectivity index (χ0v) is 11.3. The van der Waals surface area contributed by atoms with E-state index in [2.05, 4.69) is 9.72 Å². The monoisotopic (exact) mass is 299 g/mol. The van der Waals surface area contributed by atoms with Crippen LogP contribution < -0.4 is 0 Å². The molecule has 2 rings (SSSR count). The topological polar surface area (TPSA) is 39.2 Å². The van der Waals surface area contributed by atoms with Crippen molar-refractivity contribution in [2.75, 3.05) is 7.11 Å². The van der Waals surface area contributed by atoms with Crippen molar-refractivity contribution in [1.82, 2.24) is 4.98 Å². The zero-order valence-electron chi connectivity index (χ0n) is 9.78. The fraction of sp³-hybridized carbons (Fsp3) is 0.0769.